The molecule has 0 bridgehead atoms. The Kier molecular flexibility index (Phi) is 7.85. The maximum Gasteiger partial charge on any atom is 0.262 e. The average Bonchev–Trinajstić information content (AvgIpc) is 3.29. The Bertz CT molecular complexity index is 1220. The summed E-state index contributed by atoms with van der Waals surface area (Å²) in [7, 11) is 1.58. The van der Waals surface area contributed by atoms with Crippen molar-refractivity contribution in [2.45, 2.75) is 19.9 Å². The minimum Gasteiger partial charge on any atom is -0.497 e. The number of aryl methyl sites for hydroxylation is 1. The highest BCUT2D eigenvalue weighted by Gasteiger charge is 2.35. The topological polar surface area (TPSA) is 97.0 Å². The third-order valence-corrected chi connectivity index (χ3v) is 6.10. The lowest BCUT2D eigenvalue weighted by atomic mass is 10.1. The van der Waals surface area contributed by atoms with Gasteiger partial charge in [-0.05, 0) is 66.6 Å². The van der Waals surface area contributed by atoms with E-state index in [9.17, 15) is 14.4 Å². The predicted molar refractivity (Wildman–Crippen MR) is 137 cm³/mol. The molecule has 3 amide bonds. The van der Waals surface area contributed by atoms with Crippen molar-refractivity contribution in [1.29, 1.82) is 0 Å². The molecule has 3 aromatic carbocycles. The normalized spacial score (nSPS) is 14.9. The van der Waals surface area contributed by atoms with Crippen molar-refractivity contribution in [3.05, 3.63) is 83.9 Å². The molecule has 1 aliphatic rings. The lowest BCUT2D eigenvalue weighted by Gasteiger charge is -2.17. The van der Waals surface area contributed by atoms with Gasteiger partial charge in [0.25, 0.3) is 5.91 Å². The number of nitrogens with zero attached hydrogens (tertiary/aromatic N) is 1. The number of benzene rings is 3. The van der Waals surface area contributed by atoms with Crippen LogP contribution in [0.5, 0.6) is 11.5 Å². The van der Waals surface area contributed by atoms with E-state index < -0.39 is 5.92 Å². The Labute approximate surface area is 210 Å². The number of methoxy groups -OCH3 is 1. The van der Waals surface area contributed by atoms with Crippen molar-refractivity contribution in [3.63, 3.8) is 0 Å². The zero-order valence-corrected chi connectivity index (χ0v) is 20.3. The lowest BCUT2D eigenvalue weighted by Crippen LogP contribution is -2.32. The van der Waals surface area contributed by atoms with Gasteiger partial charge >= 0.3 is 0 Å². The van der Waals surface area contributed by atoms with Crippen molar-refractivity contribution in [2.75, 3.05) is 30.5 Å². The minimum absolute atomic E-state index is 0.0985. The highest BCUT2D eigenvalue weighted by atomic mass is 16.5. The monoisotopic (exact) mass is 487 g/mol. The second kappa shape index (κ2) is 11.4. The summed E-state index contributed by atoms with van der Waals surface area (Å²) in [5, 5.41) is 5.71. The largest absolute Gasteiger partial charge is 0.497 e. The first-order chi connectivity index (χ1) is 17.4. The van der Waals surface area contributed by atoms with Gasteiger partial charge in [0.15, 0.2) is 6.61 Å². The van der Waals surface area contributed by atoms with Crippen LogP contribution in [0.2, 0.25) is 0 Å². The van der Waals surface area contributed by atoms with Gasteiger partial charge < -0.3 is 25.0 Å². The highest BCUT2D eigenvalue weighted by Crippen LogP contribution is 2.27. The Hall–Kier alpha value is -4.33. The zero-order chi connectivity index (χ0) is 25.5. The van der Waals surface area contributed by atoms with E-state index in [1.54, 1.807) is 60.5 Å². The maximum absolute atomic E-state index is 12.7. The van der Waals surface area contributed by atoms with Crippen LogP contribution in [0, 0.1) is 12.8 Å². The summed E-state index contributed by atoms with van der Waals surface area (Å²) in [5.74, 6) is 0.283. The molecule has 1 saturated heterocycles. The highest BCUT2D eigenvalue weighted by molar-refractivity contribution is 6.00. The van der Waals surface area contributed by atoms with Crippen molar-refractivity contribution in [1.82, 2.24) is 5.32 Å². The summed E-state index contributed by atoms with van der Waals surface area (Å²) in [6, 6.07) is 21.8. The number of amides is 3. The van der Waals surface area contributed by atoms with Crippen molar-refractivity contribution in [2.24, 2.45) is 5.92 Å². The van der Waals surface area contributed by atoms with Crippen LogP contribution in [-0.2, 0) is 20.9 Å². The van der Waals surface area contributed by atoms with E-state index in [-0.39, 0.29) is 30.7 Å². The number of anilines is 2. The molecular weight excluding hydrogens is 458 g/mol. The summed E-state index contributed by atoms with van der Waals surface area (Å²) in [6.45, 7) is 2.61. The van der Waals surface area contributed by atoms with Crippen molar-refractivity contribution < 1.29 is 23.9 Å². The molecule has 0 unspecified atom stereocenters. The summed E-state index contributed by atoms with van der Waals surface area (Å²) in [6.07, 6.45) is 0.170. The van der Waals surface area contributed by atoms with Gasteiger partial charge in [0.05, 0.1) is 13.0 Å². The Morgan fingerprint density at radius 2 is 1.67 bits per heavy atom. The van der Waals surface area contributed by atoms with E-state index in [0.717, 1.165) is 11.1 Å². The first-order valence-corrected chi connectivity index (χ1v) is 11.7. The minimum atomic E-state index is -0.404. The summed E-state index contributed by atoms with van der Waals surface area (Å²) < 4.78 is 10.7. The lowest BCUT2D eigenvalue weighted by molar-refractivity contribution is -0.126. The molecular formula is C28H29N3O5. The molecule has 0 aromatic heterocycles. The van der Waals surface area contributed by atoms with Gasteiger partial charge in [-0.15, -0.1) is 0 Å². The van der Waals surface area contributed by atoms with Crippen LogP contribution in [0.15, 0.2) is 72.8 Å². The molecule has 4 rings (SSSR count). The number of nitrogens with one attached hydrogen (secondary N) is 2. The smallest absolute Gasteiger partial charge is 0.262 e. The molecule has 8 nitrogen and oxygen atoms in total. The van der Waals surface area contributed by atoms with Crippen molar-refractivity contribution >= 4 is 29.1 Å². The number of ether oxygens (including phenoxy) is 2. The fourth-order valence-electron chi connectivity index (χ4n) is 4.01. The maximum atomic E-state index is 12.7. The summed E-state index contributed by atoms with van der Waals surface area (Å²) >= 11 is 0. The predicted octanol–water partition coefficient (Wildman–Crippen LogP) is 3.69. The van der Waals surface area contributed by atoms with E-state index >= 15 is 0 Å². The molecule has 36 heavy (non-hydrogen) atoms. The molecule has 1 atom stereocenters. The van der Waals surface area contributed by atoms with Gasteiger partial charge in [-0.3, -0.25) is 14.4 Å². The molecule has 2 N–H and O–H groups in total. The number of hydrogen-bond acceptors (Lipinski definition) is 5. The molecule has 0 spiro atoms. The van der Waals surface area contributed by atoms with E-state index in [4.69, 9.17) is 9.47 Å². The molecule has 1 heterocycles. The number of hydrogen-bond donors (Lipinski definition) is 2. The zero-order valence-electron chi connectivity index (χ0n) is 20.3. The van der Waals surface area contributed by atoms with Crippen LogP contribution in [0.3, 0.4) is 0 Å². The second-order valence-electron chi connectivity index (χ2n) is 8.61. The van der Waals surface area contributed by atoms with Crippen LogP contribution in [-0.4, -0.2) is 38.0 Å². The number of carbonyl (C=O) groups is 3. The fraction of sp³-hybridized carbons (Fsp3) is 0.250. The number of carbonyl (C=O) groups excluding carboxylic acids is 3. The molecule has 1 fully saturated rings. The second-order valence-corrected chi connectivity index (χ2v) is 8.61. The van der Waals surface area contributed by atoms with E-state index in [1.807, 2.05) is 31.2 Å². The average molecular weight is 488 g/mol. The summed E-state index contributed by atoms with van der Waals surface area (Å²) in [4.78, 5) is 39.0. The van der Waals surface area contributed by atoms with E-state index in [2.05, 4.69) is 10.6 Å². The molecule has 0 radical (unpaired) electrons. The third kappa shape index (κ3) is 6.21. The Morgan fingerprint density at radius 1 is 0.972 bits per heavy atom. The molecule has 0 saturated carbocycles. The molecule has 3 aromatic rings. The van der Waals surface area contributed by atoms with Gasteiger partial charge in [0.1, 0.15) is 11.5 Å². The SMILES string of the molecule is COc1ccc(NC(=O)COc2ccc(N3C[C@@H](C(=O)NCc4ccccc4C)CC3=O)cc2)cc1. The fourth-order valence-corrected chi connectivity index (χ4v) is 4.01. The Balaban J connectivity index is 1.26. The van der Waals surface area contributed by atoms with Crippen LogP contribution >= 0.6 is 0 Å². The van der Waals surface area contributed by atoms with Gasteiger partial charge in [-0.2, -0.15) is 0 Å². The van der Waals surface area contributed by atoms with Crippen LogP contribution < -0.4 is 25.0 Å². The molecule has 186 valence electrons. The Morgan fingerprint density at radius 3 is 2.36 bits per heavy atom. The molecule has 0 aliphatic carbocycles. The van der Waals surface area contributed by atoms with Crippen LogP contribution in [0.1, 0.15) is 17.5 Å². The van der Waals surface area contributed by atoms with Crippen molar-refractivity contribution in [3.8, 4) is 11.5 Å². The van der Waals surface area contributed by atoms with Gasteiger partial charge in [-0.25, -0.2) is 0 Å². The standard InChI is InChI=1S/C28H29N3O5/c1-19-5-3-4-6-20(19)16-29-28(34)21-15-27(33)31(17-21)23-9-13-25(14-10-23)36-18-26(32)30-22-7-11-24(35-2)12-8-22/h3-14,21H,15-18H2,1-2H3,(H,29,34)(H,30,32)/t21-/m0/s1. The van der Waals surface area contributed by atoms with Gasteiger partial charge in [0.2, 0.25) is 11.8 Å². The van der Waals surface area contributed by atoms with E-state index in [1.165, 1.54) is 0 Å². The quantitative estimate of drug-likeness (QED) is 0.480. The molecule has 1 aliphatic heterocycles. The van der Waals surface area contributed by atoms with Crippen LogP contribution in [0.4, 0.5) is 11.4 Å². The molecule has 8 heteroatoms. The first-order valence-electron chi connectivity index (χ1n) is 11.7. The first kappa shape index (κ1) is 24.8. The number of rotatable bonds is 9. The summed E-state index contributed by atoms with van der Waals surface area (Å²) in [5.41, 5.74) is 3.50. The van der Waals surface area contributed by atoms with Gasteiger partial charge in [0, 0.05) is 30.9 Å². The van der Waals surface area contributed by atoms with Gasteiger partial charge in [-0.1, -0.05) is 24.3 Å². The van der Waals surface area contributed by atoms with E-state index in [0.29, 0.717) is 36.0 Å². The third-order valence-electron chi connectivity index (χ3n) is 6.10. The van der Waals surface area contributed by atoms with Crippen LogP contribution in [0.25, 0.3) is 0 Å².